The first-order chi connectivity index (χ1) is 14.5. The van der Waals surface area contributed by atoms with E-state index in [0.717, 1.165) is 12.1 Å². The molecule has 2 N–H and O–H groups in total. The van der Waals surface area contributed by atoms with E-state index in [1.54, 1.807) is 31.2 Å². The summed E-state index contributed by atoms with van der Waals surface area (Å²) in [6.07, 6.45) is 1.85. The summed E-state index contributed by atoms with van der Waals surface area (Å²) in [7, 11) is 0. The number of rotatable bonds is 4. The number of hydrogen-bond acceptors (Lipinski definition) is 5. The lowest BCUT2D eigenvalue weighted by atomic mass is 9.75. The van der Waals surface area contributed by atoms with Gasteiger partial charge in [-0.05, 0) is 37.5 Å². The number of carbonyl (C=O) groups excluding carboxylic acids is 2. The third-order valence-electron chi connectivity index (χ3n) is 5.47. The van der Waals surface area contributed by atoms with E-state index in [2.05, 4.69) is 10.6 Å². The fourth-order valence-electron chi connectivity index (χ4n) is 4.16. The third-order valence-corrected chi connectivity index (χ3v) is 5.47. The van der Waals surface area contributed by atoms with E-state index in [1.807, 2.05) is 18.2 Å². The average Bonchev–Trinajstić information content (AvgIpc) is 2.73. The van der Waals surface area contributed by atoms with Crippen molar-refractivity contribution in [3.63, 3.8) is 0 Å². The van der Waals surface area contributed by atoms with E-state index in [9.17, 15) is 19.7 Å². The van der Waals surface area contributed by atoms with Crippen LogP contribution in [0, 0.1) is 10.1 Å². The minimum Gasteiger partial charge on any atom is -0.362 e. The summed E-state index contributed by atoms with van der Waals surface area (Å²) in [6, 6.07) is 15.2. The molecule has 1 heterocycles. The highest BCUT2D eigenvalue weighted by Gasteiger charge is 2.38. The fraction of sp³-hybridized carbons (Fsp3) is 0.217. The predicted octanol–water partition coefficient (Wildman–Crippen LogP) is 4.20. The van der Waals surface area contributed by atoms with Crippen molar-refractivity contribution in [2.75, 3.05) is 5.32 Å². The first-order valence-corrected chi connectivity index (χ1v) is 9.80. The molecule has 0 spiro atoms. The lowest BCUT2D eigenvalue weighted by molar-refractivity contribution is -0.384. The Morgan fingerprint density at radius 3 is 2.63 bits per heavy atom. The second-order valence-corrected chi connectivity index (χ2v) is 7.44. The molecular weight excluding hydrogens is 382 g/mol. The molecule has 2 aromatic rings. The Balaban J connectivity index is 1.82. The van der Waals surface area contributed by atoms with Crippen LogP contribution in [-0.4, -0.2) is 16.6 Å². The molecule has 0 saturated heterocycles. The number of non-ortho nitro benzene ring substituents is 1. The van der Waals surface area contributed by atoms with Crippen LogP contribution in [0.25, 0.3) is 0 Å². The zero-order chi connectivity index (χ0) is 21.3. The van der Waals surface area contributed by atoms with Crippen LogP contribution < -0.4 is 10.6 Å². The molecule has 152 valence electrons. The maximum absolute atomic E-state index is 13.3. The summed E-state index contributed by atoms with van der Waals surface area (Å²) in [5.74, 6) is -1.02. The average molecular weight is 403 g/mol. The van der Waals surface area contributed by atoms with Gasteiger partial charge < -0.3 is 10.6 Å². The molecular formula is C23H21N3O4. The molecule has 7 heteroatoms. The number of ketones is 1. The van der Waals surface area contributed by atoms with E-state index in [4.69, 9.17) is 0 Å². The molecule has 1 amide bonds. The molecule has 1 unspecified atom stereocenters. The largest absolute Gasteiger partial charge is 0.362 e. The third kappa shape index (κ3) is 3.61. The fourth-order valence-corrected chi connectivity index (χ4v) is 4.16. The molecule has 7 nitrogen and oxygen atoms in total. The Bertz CT molecular complexity index is 1100. The lowest BCUT2D eigenvalue weighted by Crippen LogP contribution is -2.35. The van der Waals surface area contributed by atoms with E-state index in [0.29, 0.717) is 40.9 Å². The van der Waals surface area contributed by atoms with Crippen LogP contribution in [0.5, 0.6) is 0 Å². The number of nitro groups is 1. The number of anilines is 1. The van der Waals surface area contributed by atoms with Crippen molar-refractivity contribution >= 4 is 23.1 Å². The Morgan fingerprint density at radius 2 is 1.90 bits per heavy atom. The smallest absolute Gasteiger partial charge is 0.269 e. The number of hydrogen-bond donors (Lipinski definition) is 2. The molecule has 0 bridgehead atoms. The summed E-state index contributed by atoms with van der Waals surface area (Å²) in [4.78, 5) is 37.0. The maximum Gasteiger partial charge on any atom is 0.269 e. The normalized spacial score (nSPS) is 18.6. The number of dihydropyridines is 1. The van der Waals surface area contributed by atoms with Gasteiger partial charge in [-0.2, -0.15) is 0 Å². The number of Topliss-reactive ketones (excluding diaryl/α,β-unsaturated/α-hetero) is 1. The molecule has 0 saturated carbocycles. The van der Waals surface area contributed by atoms with Crippen molar-refractivity contribution in [2.45, 2.75) is 32.1 Å². The zero-order valence-corrected chi connectivity index (χ0v) is 16.5. The Hall–Kier alpha value is -3.74. The number of allylic oxidation sites excluding steroid dienone is 3. The number of nitrogens with zero attached hydrogens (tertiary/aromatic N) is 1. The molecule has 30 heavy (non-hydrogen) atoms. The molecule has 0 fully saturated rings. The number of para-hydroxylation sites is 1. The number of benzene rings is 2. The van der Waals surface area contributed by atoms with E-state index >= 15 is 0 Å². The van der Waals surface area contributed by atoms with Crippen LogP contribution in [0.4, 0.5) is 11.4 Å². The van der Waals surface area contributed by atoms with Gasteiger partial charge in [-0.25, -0.2) is 0 Å². The van der Waals surface area contributed by atoms with Crippen molar-refractivity contribution in [3.8, 4) is 0 Å². The molecule has 2 aliphatic rings. The Morgan fingerprint density at radius 1 is 1.13 bits per heavy atom. The number of amides is 1. The molecule has 2 aromatic carbocycles. The second kappa shape index (κ2) is 7.94. The lowest BCUT2D eigenvalue weighted by Gasteiger charge is -2.34. The van der Waals surface area contributed by atoms with Gasteiger partial charge in [-0.1, -0.05) is 30.3 Å². The maximum atomic E-state index is 13.3. The van der Waals surface area contributed by atoms with Gasteiger partial charge in [0.2, 0.25) is 0 Å². The van der Waals surface area contributed by atoms with E-state index in [-0.39, 0.29) is 17.4 Å². The molecule has 0 radical (unpaired) electrons. The van der Waals surface area contributed by atoms with Crippen molar-refractivity contribution in [3.05, 3.63) is 92.8 Å². The highest BCUT2D eigenvalue weighted by atomic mass is 16.6. The van der Waals surface area contributed by atoms with Crippen LogP contribution in [0.2, 0.25) is 0 Å². The van der Waals surface area contributed by atoms with E-state index in [1.165, 1.54) is 12.1 Å². The van der Waals surface area contributed by atoms with E-state index < -0.39 is 10.8 Å². The first kappa shape index (κ1) is 19.6. The van der Waals surface area contributed by atoms with Gasteiger partial charge in [0.05, 0.1) is 4.92 Å². The summed E-state index contributed by atoms with van der Waals surface area (Å²) in [5.41, 5.74) is 3.50. The van der Waals surface area contributed by atoms with Gasteiger partial charge in [-0.15, -0.1) is 0 Å². The minimum atomic E-state index is -0.655. The Labute approximate surface area is 173 Å². The predicted molar refractivity (Wildman–Crippen MR) is 113 cm³/mol. The number of nitro benzene ring substituents is 1. The standard InChI is InChI=1S/C23H21N3O4/c1-14-20(23(28)25-16-8-3-2-4-9-16)21(15-7-5-10-17(13-15)26(29)30)22-18(24-14)11-6-12-19(22)27/h2-5,7-10,13,21,24H,6,11-12H2,1H3,(H,25,28). The Kier molecular flexibility index (Phi) is 5.18. The van der Waals surface area contributed by atoms with Crippen molar-refractivity contribution in [2.24, 2.45) is 0 Å². The zero-order valence-electron chi connectivity index (χ0n) is 16.5. The van der Waals surface area contributed by atoms with Gasteiger partial charge in [0.1, 0.15) is 0 Å². The van der Waals surface area contributed by atoms with Gasteiger partial charge in [0, 0.05) is 52.7 Å². The quantitative estimate of drug-likeness (QED) is 0.588. The topological polar surface area (TPSA) is 101 Å². The SMILES string of the molecule is CC1=C(C(=O)Nc2ccccc2)C(c2cccc([N+](=O)[O-])c2)C2=C(CCCC2=O)N1. The van der Waals surface area contributed by atoms with Crippen LogP contribution in [0.3, 0.4) is 0 Å². The first-order valence-electron chi connectivity index (χ1n) is 9.80. The van der Waals surface area contributed by atoms with Crippen molar-refractivity contribution < 1.29 is 14.5 Å². The molecule has 1 atom stereocenters. The molecule has 1 aliphatic carbocycles. The number of nitrogens with one attached hydrogen (secondary N) is 2. The van der Waals surface area contributed by atoms with Crippen LogP contribution >= 0.6 is 0 Å². The summed E-state index contributed by atoms with van der Waals surface area (Å²) >= 11 is 0. The molecule has 1 aliphatic heterocycles. The summed E-state index contributed by atoms with van der Waals surface area (Å²) in [6.45, 7) is 1.80. The monoisotopic (exact) mass is 403 g/mol. The highest BCUT2D eigenvalue weighted by molar-refractivity contribution is 6.09. The number of carbonyl (C=O) groups is 2. The van der Waals surface area contributed by atoms with Gasteiger partial charge >= 0.3 is 0 Å². The molecule has 4 rings (SSSR count). The second-order valence-electron chi connectivity index (χ2n) is 7.44. The van der Waals surface area contributed by atoms with Gasteiger partial charge in [0.25, 0.3) is 11.6 Å². The van der Waals surface area contributed by atoms with Crippen molar-refractivity contribution in [1.82, 2.24) is 5.32 Å². The van der Waals surface area contributed by atoms with Crippen LogP contribution in [-0.2, 0) is 9.59 Å². The van der Waals surface area contributed by atoms with Gasteiger partial charge in [-0.3, -0.25) is 19.7 Å². The minimum absolute atomic E-state index is 0.0298. The highest BCUT2D eigenvalue weighted by Crippen LogP contribution is 2.43. The molecule has 0 aromatic heterocycles. The summed E-state index contributed by atoms with van der Waals surface area (Å²) in [5, 5.41) is 17.5. The van der Waals surface area contributed by atoms with Crippen LogP contribution in [0.1, 0.15) is 37.7 Å². The van der Waals surface area contributed by atoms with Gasteiger partial charge in [0.15, 0.2) is 5.78 Å². The summed E-state index contributed by atoms with van der Waals surface area (Å²) < 4.78 is 0. The van der Waals surface area contributed by atoms with Crippen molar-refractivity contribution in [1.29, 1.82) is 0 Å². The van der Waals surface area contributed by atoms with Crippen LogP contribution in [0.15, 0.2) is 77.1 Å².